The summed E-state index contributed by atoms with van der Waals surface area (Å²) in [6.45, 7) is 6.26. The molecule has 56 valence electrons. The highest BCUT2D eigenvalue weighted by Crippen LogP contribution is 2.03. The van der Waals surface area contributed by atoms with Crippen molar-refractivity contribution in [2.24, 2.45) is 17.4 Å². The van der Waals surface area contributed by atoms with Crippen LogP contribution < -0.4 is 11.5 Å². The quantitative estimate of drug-likeness (QED) is 0.591. The van der Waals surface area contributed by atoms with E-state index in [0.29, 0.717) is 5.92 Å². The number of hydrogen-bond donors (Lipinski definition) is 2. The topological polar surface area (TPSA) is 52.0 Å². The lowest BCUT2D eigenvalue weighted by atomic mass is 10.0. The first-order valence-corrected chi connectivity index (χ1v) is 3.55. The maximum absolute atomic E-state index is 5.69. The van der Waals surface area contributed by atoms with Gasteiger partial charge in [-0.25, -0.2) is 0 Å². The summed E-state index contributed by atoms with van der Waals surface area (Å²) in [7, 11) is 0. The molecule has 0 rings (SSSR count). The van der Waals surface area contributed by atoms with Crippen LogP contribution in [-0.4, -0.2) is 12.1 Å². The first-order chi connectivity index (χ1) is 4.04. The molecule has 2 nitrogen and oxygen atoms in total. The van der Waals surface area contributed by atoms with Gasteiger partial charge in [0.1, 0.15) is 0 Å². The minimum Gasteiger partial charge on any atom is -0.327 e. The van der Waals surface area contributed by atoms with Crippen molar-refractivity contribution in [1.82, 2.24) is 0 Å². The van der Waals surface area contributed by atoms with E-state index in [1.165, 1.54) is 0 Å². The van der Waals surface area contributed by atoms with Gasteiger partial charge in [0.15, 0.2) is 0 Å². The van der Waals surface area contributed by atoms with Gasteiger partial charge in [0.05, 0.1) is 0 Å². The second kappa shape index (κ2) is 3.85. The predicted molar refractivity (Wildman–Crippen MR) is 41.1 cm³/mol. The molecule has 0 aliphatic rings. The number of hydrogen-bond acceptors (Lipinski definition) is 2. The molecule has 0 fully saturated rings. The van der Waals surface area contributed by atoms with E-state index < -0.39 is 0 Å². The van der Waals surface area contributed by atoms with Gasteiger partial charge in [0.25, 0.3) is 0 Å². The molecule has 0 unspecified atom stereocenters. The highest BCUT2D eigenvalue weighted by atomic mass is 14.8. The summed E-state index contributed by atoms with van der Waals surface area (Å²) in [6.07, 6.45) is 1.03. The van der Waals surface area contributed by atoms with E-state index in [9.17, 15) is 0 Å². The molecule has 0 spiro atoms. The van der Waals surface area contributed by atoms with Gasteiger partial charge in [0.2, 0.25) is 0 Å². The largest absolute Gasteiger partial charge is 0.327 e. The van der Waals surface area contributed by atoms with Crippen molar-refractivity contribution in [1.29, 1.82) is 0 Å². The lowest BCUT2D eigenvalue weighted by Gasteiger charge is -2.16. The molecule has 2 heteroatoms. The molecule has 0 aliphatic heterocycles. The van der Waals surface area contributed by atoms with Crippen molar-refractivity contribution in [3.8, 4) is 0 Å². The van der Waals surface area contributed by atoms with Crippen LogP contribution in [0.3, 0.4) is 0 Å². The zero-order chi connectivity index (χ0) is 7.44. The van der Waals surface area contributed by atoms with E-state index in [-0.39, 0.29) is 12.1 Å². The van der Waals surface area contributed by atoms with Crippen LogP contribution in [0.4, 0.5) is 0 Å². The van der Waals surface area contributed by atoms with Crippen molar-refractivity contribution in [2.75, 3.05) is 0 Å². The molecule has 4 N–H and O–H groups in total. The molecule has 0 aromatic rings. The average molecular weight is 130 g/mol. The SMILES string of the molecule is CC(C)C[C@@H](N)[C@@H](C)N. The second-order valence-corrected chi connectivity index (χ2v) is 3.15. The van der Waals surface area contributed by atoms with Gasteiger partial charge in [-0.15, -0.1) is 0 Å². The fourth-order valence-electron chi connectivity index (χ4n) is 0.759. The van der Waals surface area contributed by atoms with E-state index in [2.05, 4.69) is 13.8 Å². The zero-order valence-corrected chi connectivity index (χ0v) is 6.59. The molecule has 0 heterocycles. The molecule has 0 aromatic carbocycles. The Kier molecular flexibility index (Phi) is 3.82. The number of nitrogens with two attached hydrogens (primary N) is 2. The van der Waals surface area contributed by atoms with Crippen molar-refractivity contribution in [2.45, 2.75) is 39.3 Å². The molecular weight excluding hydrogens is 112 g/mol. The zero-order valence-electron chi connectivity index (χ0n) is 6.59. The van der Waals surface area contributed by atoms with Crippen LogP contribution in [-0.2, 0) is 0 Å². The van der Waals surface area contributed by atoms with Crippen LogP contribution in [0.15, 0.2) is 0 Å². The molecule has 0 aliphatic carbocycles. The Morgan fingerprint density at radius 1 is 1.11 bits per heavy atom. The molecule has 0 saturated carbocycles. The lowest BCUT2D eigenvalue weighted by Crippen LogP contribution is -2.39. The Labute approximate surface area is 57.6 Å². The fourth-order valence-corrected chi connectivity index (χ4v) is 0.759. The van der Waals surface area contributed by atoms with E-state index in [4.69, 9.17) is 11.5 Å². The smallest absolute Gasteiger partial charge is 0.0192 e. The Hall–Kier alpha value is -0.0800. The summed E-state index contributed by atoms with van der Waals surface area (Å²) in [6, 6.07) is 0.303. The molecule has 0 saturated heterocycles. The van der Waals surface area contributed by atoms with Crippen molar-refractivity contribution in [3.63, 3.8) is 0 Å². The average Bonchev–Trinajstić information content (AvgIpc) is 1.63. The predicted octanol–water partition coefficient (Wildman–Crippen LogP) is 0.707. The van der Waals surface area contributed by atoms with Gasteiger partial charge in [-0.05, 0) is 19.3 Å². The molecule has 9 heavy (non-hydrogen) atoms. The minimum atomic E-state index is 0.132. The van der Waals surface area contributed by atoms with Gasteiger partial charge in [0, 0.05) is 12.1 Å². The summed E-state index contributed by atoms with van der Waals surface area (Å²) in [5.74, 6) is 0.658. The summed E-state index contributed by atoms with van der Waals surface area (Å²) < 4.78 is 0. The fraction of sp³-hybridized carbons (Fsp3) is 1.00. The van der Waals surface area contributed by atoms with Gasteiger partial charge in [-0.1, -0.05) is 13.8 Å². The molecule has 0 radical (unpaired) electrons. The Morgan fingerprint density at radius 2 is 1.56 bits per heavy atom. The Bertz CT molecular complexity index is 69.3. The van der Waals surface area contributed by atoms with E-state index in [1.54, 1.807) is 0 Å². The van der Waals surface area contributed by atoms with Crippen molar-refractivity contribution < 1.29 is 0 Å². The third kappa shape index (κ3) is 4.43. The third-order valence-corrected chi connectivity index (χ3v) is 1.42. The van der Waals surface area contributed by atoms with Crippen LogP contribution in [0.1, 0.15) is 27.2 Å². The minimum absolute atomic E-state index is 0.132. The Morgan fingerprint density at radius 3 is 1.67 bits per heavy atom. The highest BCUT2D eigenvalue weighted by Gasteiger charge is 2.08. The molecular formula is C7H18N2. The normalized spacial score (nSPS) is 18.0. The molecule has 0 bridgehead atoms. The Balaban J connectivity index is 3.38. The van der Waals surface area contributed by atoms with Crippen LogP contribution in [0.25, 0.3) is 0 Å². The maximum atomic E-state index is 5.69. The maximum Gasteiger partial charge on any atom is 0.0192 e. The third-order valence-electron chi connectivity index (χ3n) is 1.42. The lowest BCUT2D eigenvalue weighted by molar-refractivity contribution is 0.447. The second-order valence-electron chi connectivity index (χ2n) is 3.15. The van der Waals surface area contributed by atoms with Gasteiger partial charge >= 0.3 is 0 Å². The van der Waals surface area contributed by atoms with Gasteiger partial charge < -0.3 is 11.5 Å². The highest BCUT2D eigenvalue weighted by molar-refractivity contribution is 4.71. The van der Waals surface area contributed by atoms with Crippen LogP contribution in [0.5, 0.6) is 0 Å². The standard InChI is InChI=1S/C7H18N2/c1-5(2)4-7(9)6(3)8/h5-7H,4,8-9H2,1-3H3/t6-,7-/m1/s1. The summed E-state index contributed by atoms with van der Waals surface area (Å²) in [5, 5.41) is 0. The van der Waals surface area contributed by atoms with Crippen molar-refractivity contribution in [3.05, 3.63) is 0 Å². The summed E-state index contributed by atoms with van der Waals surface area (Å²) in [4.78, 5) is 0. The van der Waals surface area contributed by atoms with Crippen LogP contribution >= 0.6 is 0 Å². The van der Waals surface area contributed by atoms with Crippen molar-refractivity contribution >= 4 is 0 Å². The van der Waals surface area contributed by atoms with E-state index in [1.807, 2.05) is 6.92 Å². The molecule has 0 amide bonds. The van der Waals surface area contributed by atoms with Crippen LogP contribution in [0, 0.1) is 5.92 Å². The van der Waals surface area contributed by atoms with E-state index >= 15 is 0 Å². The first kappa shape index (κ1) is 8.92. The monoisotopic (exact) mass is 130 g/mol. The summed E-state index contributed by atoms with van der Waals surface area (Å²) >= 11 is 0. The number of rotatable bonds is 3. The molecule has 0 aromatic heterocycles. The van der Waals surface area contributed by atoms with Gasteiger partial charge in [-0.2, -0.15) is 0 Å². The first-order valence-electron chi connectivity index (χ1n) is 3.55. The summed E-state index contributed by atoms with van der Waals surface area (Å²) in [5.41, 5.74) is 11.3. The molecule has 2 atom stereocenters. The van der Waals surface area contributed by atoms with Gasteiger partial charge in [-0.3, -0.25) is 0 Å². The van der Waals surface area contributed by atoms with E-state index in [0.717, 1.165) is 6.42 Å². The van der Waals surface area contributed by atoms with Crippen LogP contribution in [0.2, 0.25) is 0 Å².